The minimum absolute atomic E-state index is 0.0193. The third-order valence-corrected chi connectivity index (χ3v) is 4.54. The number of methoxy groups -OCH3 is 2. The van der Waals surface area contributed by atoms with E-state index in [-0.39, 0.29) is 5.78 Å². The average molecular weight is 313 g/mol. The number of carbonyl (C=O) groups is 2. The number of hydrogen-bond acceptors (Lipinski definition) is 4. The Bertz CT molecular complexity index is 689. The third kappa shape index (κ3) is 2.63. The van der Waals surface area contributed by atoms with Gasteiger partial charge in [0.25, 0.3) is 0 Å². The average Bonchev–Trinajstić information content (AvgIpc) is 2.73. The van der Waals surface area contributed by atoms with Gasteiger partial charge in [-0.2, -0.15) is 0 Å². The van der Waals surface area contributed by atoms with Crippen molar-refractivity contribution < 1.29 is 19.1 Å². The monoisotopic (exact) mass is 313 g/mol. The maximum Gasteiger partial charge on any atom is 0.210 e. The van der Waals surface area contributed by atoms with Gasteiger partial charge in [-0.3, -0.25) is 9.59 Å². The van der Waals surface area contributed by atoms with Gasteiger partial charge in [0.1, 0.15) is 0 Å². The molecule has 1 heterocycles. The molecule has 0 N–H and O–H groups in total. The Morgan fingerprint density at radius 2 is 1.78 bits per heavy atom. The zero-order valence-electron chi connectivity index (χ0n) is 13.2. The van der Waals surface area contributed by atoms with Crippen molar-refractivity contribution in [3.05, 3.63) is 47.6 Å². The van der Waals surface area contributed by atoms with Crippen molar-refractivity contribution in [1.82, 2.24) is 4.90 Å². The van der Waals surface area contributed by atoms with E-state index >= 15 is 0 Å². The molecule has 0 atom stereocenters. The number of benzene rings is 1. The van der Waals surface area contributed by atoms with Crippen molar-refractivity contribution in [1.29, 1.82) is 0 Å². The van der Waals surface area contributed by atoms with Crippen molar-refractivity contribution in [2.24, 2.45) is 0 Å². The molecule has 0 bridgehead atoms. The summed E-state index contributed by atoms with van der Waals surface area (Å²) >= 11 is 0. The molecular weight excluding hydrogens is 294 g/mol. The predicted molar refractivity (Wildman–Crippen MR) is 85.6 cm³/mol. The lowest BCUT2D eigenvalue weighted by Crippen LogP contribution is -2.27. The summed E-state index contributed by atoms with van der Waals surface area (Å²) in [6, 6.07) is 3.86. The first-order chi connectivity index (χ1) is 11.1. The molecule has 1 aromatic carbocycles. The van der Waals surface area contributed by atoms with Gasteiger partial charge in [0.15, 0.2) is 17.3 Å². The summed E-state index contributed by atoms with van der Waals surface area (Å²) in [5.41, 5.74) is 1.64. The van der Waals surface area contributed by atoms with Gasteiger partial charge < -0.3 is 14.4 Å². The number of rotatable bonds is 3. The summed E-state index contributed by atoms with van der Waals surface area (Å²) in [4.78, 5) is 24.6. The zero-order valence-corrected chi connectivity index (χ0v) is 13.2. The van der Waals surface area contributed by atoms with E-state index in [4.69, 9.17) is 9.47 Å². The number of hydrogen-bond donors (Lipinski definition) is 0. The summed E-state index contributed by atoms with van der Waals surface area (Å²) in [6.07, 6.45) is 8.62. The van der Waals surface area contributed by atoms with Gasteiger partial charge in [0, 0.05) is 18.5 Å². The fourth-order valence-corrected chi connectivity index (χ4v) is 3.26. The number of ether oxygens (including phenoxy) is 2. The minimum atomic E-state index is -0.402. The number of nitrogens with zero attached hydrogens (tertiary/aromatic N) is 1. The Hall–Kier alpha value is -2.56. The Balaban J connectivity index is 2.19. The van der Waals surface area contributed by atoms with Crippen LogP contribution < -0.4 is 9.47 Å². The van der Waals surface area contributed by atoms with Gasteiger partial charge in [-0.25, -0.2) is 0 Å². The van der Waals surface area contributed by atoms with E-state index in [0.717, 1.165) is 17.5 Å². The van der Waals surface area contributed by atoms with Crippen LogP contribution in [0.1, 0.15) is 17.5 Å². The first kappa shape index (κ1) is 15.3. The molecule has 0 saturated carbocycles. The Morgan fingerprint density at radius 3 is 2.39 bits per heavy atom. The molecule has 1 spiro atoms. The van der Waals surface area contributed by atoms with Crippen LogP contribution in [0.5, 0.6) is 11.5 Å². The van der Waals surface area contributed by atoms with Crippen LogP contribution in [0.3, 0.4) is 0 Å². The molecule has 0 saturated heterocycles. The highest BCUT2D eigenvalue weighted by atomic mass is 16.5. The van der Waals surface area contributed by atoms with E-state index in [1.165, 1.54) is 0 Å². The Labute approximate surface area is 135 Å². The maximum absolute atomic E-state index is 11.5. The molecule has 0 radical (unpaired) electrons. The third-order valence-electron chi connectivity index (χ3n) is 4.54. The van der Waals surface area contributed by atoms with Crippen LogP contribution in [0.15, 0.2) is 36.4 Å². The highest BCUT2D eigenvalue weighted by Crippen LogP contribution is 2.43. The fraction of sp³-hybridized carbons (Fsp3) is 0.333. The van der Waals surface area contributed by atoms with E-state index < -0.39 is 5.41 Å². The number of amides is 1. The molecule has 5 nitrogen and oxygen atoms in total. The van der Waals surface area contributed by atoms with Crippen LogP contribution in [0.25, 0.3) is 0 Å². The largest absolute Gasteiger partial charge is 0.493 e. The topological polar surface area (TPSA) is 55.8 Å². The summed E-state index contributed by atoms with van der Waals surface area (Å²) < 4.78 is 10.8. The smallest absolute Gasteiger partial charge is 0.210 e. The van der Waals surface area contributed by atoms with E-state index in [9.17, 15) is 9.59 Å². The lowest BCUT2D eigenvalue weighted by molar-refractivity contribution is -0.118. The minimum Gasteiger partial charge on any atom is -0.493 e. The first-order valence-corrected chi connectivity index (χ1v) is 7.49. The van der Waals surface area contributed by atoms with Gasteiger partial charge in [-0.1, -0.05) is 12.2 Å². The molecule has 23 heavy (non-hydrogen) atoms. The van der Waals surface area contributed by atoms with Crippen molar-refractivity contribution >= 4 is 12.2 Å². The Kier molecular flexibility index (Phi) is 3.94. The second-order valence-electron chi connectivity index (χ2n) is 5.80. The Morgan fingerprint density at radius 1 is 1.13 bits per heavy atom. The fourth-order valence-electron chi connectivity index (χ4n) is 3.26. The van der Waals surface area contributed by atoms with Crippen LogP contribution in [-0.4, -0.2) is 37.9 Å². The molecule has 120 valence electrons. The second-order valence-corrected chi connectivity index (χ2v) is 5.80. The van der Waals surface area contributed by atoms with Crippen LogP contribution in [0, 0.1) is 0 Å². The second kappa shape index (κ2) is 5.91. The maximum atomic E-state index is 11.5. The van der Waals surface area contributed by atoms with Crippen molar-refractivity contribution in [2.75, 3.05) is 20.8 Å². The van der Waals surface area contributed by atoms with Gasteiger partial charge in [-0.15, -0.1) is 0 Å². The molecule has 1 aliphatic heterocycles. The normalized spacial score (nSPS) is 18.5. The van der Waals surface area contributed by atoms with Crippen molar-refractivity contribution in [3.8, 4) is 11.5 Å². The molecule has 5 heteroatoms. The molecule has 0 unspecified atom stereocenters. The highest BCUT2D eigenvalue weighted by Gasteiger charge is 2.35. The van der Waals surface area contributed by atoms with Crippen LogP contribution >= 0.6 is 0 Å². The first-order valence-electron chi connectivity index (χ1n) is 7.49. The van der Waals surface area contributed by atoms with E-state index in [1.807, 2.05) is 24.3 Å². The van der Waals surface area contributed by atoms with Gasteiger partial charge in [0.2, 0.25) is 6.41 Å². The van der Waals surface area contributed by atoms with Gasteiger partial charge in [-0.05, 0) is 41.8 Å². The SMILES string of the molecule is COc1cc2c(cc1OC)C1(C=CC(=O)C=C1)CCN(C=O)C2. The molecule has 1 aromatic rings. The molecule has 1 amide bonds. The van der Waals surface area contributed by atoms with E-state index in [1.54, 1.807) is 31.3 Å². The van der Waals surface area contributed by atoms with Gasteiger partial charge >= 0.3 is 0 Å². The number of fused-ring (bicyclic) bond motifs is 2. The standard InChI is InChI=1S/C18H19NO4/c1-22-16-9-13-11-19(12-20)8-7-18(5-3-14(21)4-6-18)15(13)10-17(16)23-2/h3-6,9-10,12H,7-8,11H2,1-2H3. The van der Waals surface area contributed by atoms with Crippen molar-refractivity contribution in [3.63, 3.8) is 0 Å². The quantitative estimate of drug-likeness (QED) is 0.801. The summed E-state index contributed by atoms with van der Waals surface area (Å²) in [6.45, 7) is 1.13. The molecule has 3 rings (SSSR count). The van der Waals surface area contributed by atoms with Crippen molar-refractivity contribution in [2.45, 2.75) is 18.4 Å². The van der Waals surface area contributed by atoms with Crippen LogP contribution in [0.4, 0.5) is 0 Å². The molecular formula is C18H19NO4. The summed E-state index contributed by atoms with van der Waals surface area (Å²) in [7, 11) is 3.19. The molecule has 2 aliphatic rings. The van der Waals surface area contributed by atoms with Crippen LogP contribution in [0.2, 0.25) is 0 Å². The van der Waals surface area contributed by atoms with E-state index in [2.05, 4.69) is 0 Å². The van der Waals surface area contributed by atoms with Crippen LogP contribution in [-0.2, 0) is 21.5 Å². The lowest BCUT2D eigenvalue weighted by atomic mass is 9.73. The highest BCUT2D eigenvalue weighted by molar-refractivity contribution is 6.00. The molecule has 0 fully saturated rings. The molecule has 0 aromatic heterocycles. The van der Waals surface area contributed by atoms with Gasteiger partial charge in [0.05, 0.1) is 14.2 Å². The number of allylic oxidation sites excluding steroid dienone is 4. The number of ketones is 1. The summed E-state index contributed by atoms with van der Waals surface area (Å²) in [5, 5.41) is 0. The molecule has 1 aliphatic carbocycles. The zero-order chi connectivity index (χ0) is 16.4. The van der Waals surface area contributed by atoms with E-state index in [0.29, 0.717) is 31.0 Å². The lowest BCUT2D eigenvalue weighted by Gasteiger charge is -2.30. The number of carbonyl (C=O) groups excluding carboxylic acids is 2. The predicted octanol–water partition coefficient (Wildman–Crippen LogP) is 2.00. The summed E-state index contributed by atoms with van der Waals surface area (Å²) in [5.74, 6) is 1.26.